The van der Waals surface area contributed by atoms with Crippen LogP contribution in [-0.2, 0) is 6.54 Å². The molecule has 1 atom stereocenters. The second kappa shape index (κ2) is 4.13. The van der Waals surface area contributed by atoms with Crippen LogP contribution in [0.2, 0.25) is 5.15 Å². The molecule has 2 aromatic heterocycles. The Morgan fingerprint density at radius 3 is 3.06 bits per heavy atom. The van der Waals surface area contributed by atoms with Gasteiger partial charge in [-0.2, -0.15) is 0 Å². The summed E-state index contributed by atoms with van der Waals surface area (Å²) in [6, 6.07) is 5.67. The van der Waals surface area contributed by atoms with E-state index in [0.717, 1.165) is 36.6 Å². The predicted octanol–water partition coefficient (Wildman–Crippen LogP) is 2.43. The van der Waals surface area contributed by atoms with Crippen LogP contribution < -0.4 is 0 Å². The highest BCUT2D eigenvalue weighted by molar-refractivity contribution is 6.30. The van der Waals surface area contributed by atoms with Crippen molar-refractivity contribution in [3.63, 3.8) is 0 Å². The normalized spacial score (nSPS) is 19.1. The number of hydrogen-bond acceptors (Lipinski definition) is 3. The molecule has 0 saturated heterocycles. The summed E-state index contributed by atoms with van der Waals surface area (Å²) < 4.78 is 1.97. The summed E-state index contributed by atoms with van der Waals surface area (Å²) in [5.41, 5.74) is 1.51. The highest BCUT2D eigenvalue weighted by Gasteiger charge is 2.26. The van der Waals surface area contributed by atoms with E-state index < -0.39 is 6.10 Å². The standard InChI is InChI=1S/C12H12ClN3O/c13-11-10-9(17)5-3-7-16(10)12(15-11)8-4-1-2-6-14-8/h1-2,4,6,9,17H,3,5,7H2. The maximum atomic E-state index is 9.94. The van der Waals surface area contributed by atoms with E-state index in [2.05, 4.69) is 9.97 Å². The van der Waals surface area contributed by atoms with Crippen molar-refractivity contribution in [1.29, 1.82) is 0 Å². The lowest BCUT2D eigenvalue weighted by Gasteiger charge is -2.21. The number of hydrogen-bond donors (Lipinski definition) is 1. The summed E-state index contributed by atoms with van der Waals surface area (Å²) >= 11 is 6.09. The molecule has 1 N–H and O–H groups in total. The summed E-state index contributed by atoms with van der Waals surface area (Å²) in [5, 5.41) is 10.3. The maximum absolute atomic E-state index is 9.94. The molecule has 3 heterocycles. The Hall–Kier alpha value is -1.39. The lowest BCUT2D eigenvalue weighted by atomic mass is 10.1. The van der Waals surface area contributed by atoms with E-state index >= 15 is 0 Å². The largest absolute Gasteiger partial charge is 0.387 e. The molecular formula is C12H12ClN3O. The summed E-state index contributed by atoms with van der Waals surface area (Å²) in [7, 11) is 0. The number of halogens is 1. The van der Waals surface area contributed by atoms with Crippen LogP contribution in [0, 0.1) is 0 Å². The third-order valence-corrected chi connectivity index (χ3v) is 3.31. The highest BCUT2D eigenvalue weighted by atomic mass is 35.5. The molecular weight excluding hydrogens is 238 g/mol. The quantitative estimate of drug-likeness (QED) is 0.845. The van der Waals surface area contributed by atoms with Crippen molar-refractivity contribution < 1.29 is 5.11 Å². The van der Waals surface area contributed by atoms with E-state index in [1.54, 1.807) is 6.20 Å². The molecule has 1 aliphatic rings. The first-order valence-corrected chi connectivity index (χ1v) is 6.00. The Bertz CT molecular complexity index is 538. The number of imidazole rings is 1. The van der Waals surface area contributed by atoms with E-state index in [4.69, 9.17) is 11.6 Å². The van der Waals surface area contributed by atoms with Crippen LogP contribution in [0.25, 0.3) is 11.5 Å². The minimum atomic E-state index is -0.513. The molecule has 0 saturated carbocycles. The number of aromatic nitrogens is 3. The number of fused-ring (bicyclic) bond motifs is 1. The van der Waals surface area contributed by atoms with Gasteiger partial charge in [-0.15, -0.1) is 0 Å². The van der Waals surface area contributed by atoms with E-state index in [-0.39, 0.29) is 0 Å². The van der Waals surface area contributed by atoms with E-state index in [9.17, 15) is 5.11 Å². The molecule has 0 spiro atoms. The number of rotatable bonds is 1. The summed E-state index contributed by atoms with van der Waals surface area (Å²) in [6.07, 6.45) is 2.89. The van der Waals surface area contributed by atoms with Crippen molar-refractivity contribution in [2.45, 2.75) is 25.5 Å². The van der Waals surface area contributed by atoms with Crippen molar-refractivity contribution in [1.82, 2.24) is 14.5 Å². The second-order valence-corrected chi connectivity index (χ2v) is 4.49. The minimum absolute atomic E-state index is 0.387. The van der Waals surface area contributed by atoms with Gasteiger partial charge in [0.1, 0.15) is 5.69 Å². The Balaban J connectivity index is 2.17. The molecule has 3 rings (SSSR count). The minimum Gasteiger partial charge on any atom is -0.387 e. The average molecular weight is 250 g/mol. The monoisotopic (exact) mass is 249 g/mol. The van der Waals surface area contributed by atoms with Crippen molar-refractivity contribution in [2.24, 2.45) is 0 Å². The molecule has 4 nitrogen and oxygen atoms in total. The van der Waals surface area contributed by atoms with Crippen LogP contribution in [0.1, 0.15) is 24.6 Å². The van der Waals surface area contributed by atoms with Gasteiger partial charge in [0.15, 0.2) is 11.0 Å². The molecule has 0 fully saturated rings. The van der Waals surface area contributed by atoms with Gasteiger partial charge in [-0.3, -0.25) is 4.98 Å². The van der Waals surface area contributed by atoms with Gasteiger partial charge in [-0.1, -0.05) is 17.7 Å². The predicted molar refractivity (Wildman–Crippen MR) is 64.7 cm³/mol. The first-order chi connectivity index (χ1) is 8.27. The van der Waals surface area contributed by atoms with Crippen molar-refractivity contribution >= 4 is 11.6 Å². The Labute approximate surface area is 104 Å². The first kappa shape index (κ1) is 10.7. The van der Waals surface area contributed by atoms with Gasteiger partial charge in [0.05, 0.1) is 11.8 Å². The molecule has 88 valence electrons. The number of aliphatic hydroxyl groups excluding tert-OH is 1. The topological polar surface area (TPSA) is 50.9 Å². The molecule has 1 unspecified atom stereocenters. The Morgan fingerprint density at radius 2 is 2.29 bits per heavy atom. The van der Waals surface area contributed by atoms with E-state index in [0.29, 0.717) is 5.15 Å². The van der Waals surface area contributed by atoms with Crippen LogP contribution in [0.15, 0.2) is 24.4 Å². The van der Waals surface area contributed by atoms with Crippen LogP contribution >= 0.6 is 11.6 Å². The molecule has 1 aliphatic heterocycles. The zero-order chi connectivity index (χ0) is 11.8. The zero-order valence-corrected chi connectivity index (χ0v) is 9.93. The van der Waals surface area contributed by atoms with Crippen LogP contribution in [0.4, 0.5) is 0 Å². The van der Waals surface area contributed by atoms with Gasteiger partial charge in [-0.05, 0) is 25.0 Å². The molecule has 0 bridgehead atoms. The summed E-state index contributed by atoms with van der Waals surface area (Å²) in [4.78, 5) is 8.59. The highest BCUT2D eigenvalue weighted by Crippen LogP contribution is 2.34. The van der Waals surface area contributed by atoms with Crippen molar-refractivity contribution in [3.8, 4) is 11.5 Å². The SMILES string of the molecule is OC1CCCn2c(-c3ccccn3)nc(Cl)c21. The molecule has 0 aliphatic carbocycles. The van der Waals surface area contributed by atoms with Gasteiger partial charge in [0.2, 0.25) is 0 Å². The van der Waals surface area contributed by atoms with Crippen molar-refractivity contribution in [3.05, 3.63) is 35.2 Å². The smallest absolute Gasteiger partial charge is 0.160 e. The number of aliphatic hydroxyl groups is 1. The van der Waals surface area contributed by atoms with Gasteiger partial charge < -0.3 is 9.67 Å². The lowest BCUT2D eigenvalue weighted by Crippen LogP contribution is -2.16. The maximum Gasteiger partial charge on any atom is 0.160 e. The van der Waals surface area contributed by atoms with E-state index in [1.807, 2.05) is 22.8 Å². The van der Waals surface area contributed by atoms with Gasteiger partial charge in [-0.25, -0.2) is 4.98 Å². The molecule has 0 aromatic carbocycles. The van der Waals surface area contributed by atoms with E-state index in [1.165, 1.54) is 0 Å². The first-order valence-electron chi connectivity index (χ1n) is 5.63. The lowest BCUT2D eigenvalue weighted by molar-refractivity contribution is 0.139. The van der Waals surface area contributed by atoms with Gasteiger partial charge in [0, 0.05) is 12.7 Å². The Kier molecular flexibility index (Phi) is 2.61. The molecule has 17 heavy (non-hydrogen) atoms. The third-order valence-electron chi connectivity index (χ3n) is 3.03. The Morgan fingerprint density at radius 1 is 1.41 bits per heavy atom. The van der Waals surface area contributed by atoms with Gasteiger partial charge in [0.25, 0.3) is 0 Å². The second-order valence-electron chi connectivity index (χ2n) is 4.14. The zero-order valence-electron chi connectivity index (χ0n) is 9.17. The average Bonchev–Trinajstić information content (AvgIpc) is 2.69. The number of nitrogens with zero attached hydrogens (tertiary/aromatic N) is 3. The molecule has 0 radical (unpaired) electrons. The molecule has 5 heteroatoms. The van der Waals surface area contributed by atoms with Crippen LogP contribution in [0.5, 0.6) is 0 Å². The fourth-order valence-electron chi connectivity index (χ4n) is 2.25. The van der Waals surface area contributed by atoms with Crippen LogP contribution in [0.3, 0.4) is 0 Å². The fourth-order valence-corrected chi connectivity index (χ4v) is 2.56. The molecule has 0 amide bonds. The summed E-state index contributed by atoms with van der Waals surface area (Å²) in [5.74, 6) is 0.740. The summed E-state index contributed by atoms with van der Waals surface area (Å²) in [6.45, 7) is 0.831. The van der Waals surface area contributed by atoms with Crippen LogP contribution in [-0.4, -0.2) is 19.6 Å². The van der Waals surface area contributed by atoms with Gasteiger partial charge >= 0.3 is 0 Å². The number of pyridine rings is 1. The fraction of sp³-hybridized carbons (Fsp3) is 0.333. The molecule has 2 aromatic rings. The third kappa shape index (κ3) is 1.73. The van der Waals surface area contributed by atoms with Crippen molar-refractivity contribution in [2.75, 3.05) is 0 Å².